The summed E-state index contributed by atoms with van der Waals surface area (Å²) in [6.07, 6.45) is 1.79. The highest BCUT2D eigenvalue weighted by molar-refractivity contribution is 6.07. The van der Waals surface area contributed by atoms with E-state index >= 15 is 0 Å². The minimum atomic E-state index is -0.594. The third-order valence-corrected chi connectivity index (χ3v) is 7.23. The zero-order valence-electron chi connectivity index (χ0n) is 20.0. The number of guanidine groups is 2. The Hall–Kier alpha value is -2.81. The van der Waals surface area contributed by atoms with Crippen molar-refractivity contribution in [1.29, 1.82) is 0 Å². The van der Waals surface area contributed by atoms with Crippen molar-refractivity contribution in [2.45, 2.75) is 57.9 Å². The highest BCUT2D eigenvalue weighted by atomic mass is 16.5. The Bertz CT molecular complexity index is 988. The molecule has 9 nitrogen and oxygen atoms in total. The van der Waals surface area contributed by atoms with Gasteiger partial charge in [-0.05, 0) is 50.8 Å². The van der Waals surface area contributed by atoms with Crippen molar-refractivity contribution in [2.75, 3.05) is 40.0 Å². The SMILES string of the molecule is CCN1C(=O)C2N(Cc3ccc(OC)c(C)c3)C(=NC3CCOCC3)NC2(C)N2CCN=C12. The van der Waals surface area contributed by atoms with E-state index in [1.54, 1.807) is 7.11 Å². The minimum absolute atomic E-state index is 0.0758. The second-order valence-corrected chi connectivity index (χ2v) is 9.32. The van der Waals surface area contributed by atoms with Gasteiger partial charge in [-0.15, -0.1) is 0 Å². The van der Waals surface area contributed by atoms with E-state index in [0.717, 1.165) is 61.4 Å². The number of ether oxygens (including phenoxy) is 2. The Morgan fingerprint density at radius 2 is 2.12 bits per heavy atom. The van der Waals surface area contributed by atoms with Gasteiger partial charge in [0.1, 0.15) is 11.4 Å². The van der Waals surface area contributed by atoms with Crippen LogP contribution in [0.2, 0.25) is 0 Å². The summed E-state index contributed by atoms with van der Waals surface area (Å²) < 4.78 is 11.0. The Balaban J connectivity index is 1.55. The number of benzene rings is 1. The summed E-state index contributed by atoms with van der Waals surface area (Å²) in [6, 6.07) is 5.99. The predicted octanol–water partition coefficient (Wildman–Crippen LogP) is 1.56. The quantitative estimate of drug-likeness (QED) is 0.727. The largest absolute Gasteiger partial charge is 0.496 e. The molecule has 5 rings (SSSR count). The molecule has 0 bridgehead atoms. The fourth-order valence-corrected chi connectivity index (χ4v) is 5.53. The number of carbonyl (C=O) groups excluding carboxylic acids is 1. The molecule has 1 amide bonds. The number of hydrogen-bond donors (Lipinski definition) is 1. The lowest BCUT2D eigenvalue weighted by Gasteiger charge is -2.49. The fourth-order valence-electron chi connectivity index (χ4n) is 5.53. The third kappa shape index (κ3) is 3.62. The van der Waals surface area contributed by atoms with Crippen molar-refractivity contribution >= 4 is 17.8 Å². The van der Waals surface area contributed by atoms with E-state index in [-0.39, 0.29) is 11.9 Å². The molecule has 2 unspecified atom stereocenters. The maximum atomic E-state index is 13.8. The van der Waals surface area contributed by atoms with Crippen LogP contribution in [0.15, 0.2) is 28.2 Å². The van der Waals surface area contributed by atoms with E-state index < -0.39 is 11.7 Å². The number of aliphatic imine (C=N–C) groups is 2. The number of methoxy groups -OCH3 is 1. The number of nitrogens with zero attached hydrogens (tertiary/aromatic N) is 5. The first-order valence-corrected chi connectivity index (χ1v) is 11.9. The Labute approximate surface area is 195 Å². The molecule has 178 valence electrons. The van der Waals surface area contributed by atoms with E-state index in [1.165, 1.54) is 0 Å². The van der Waals surface area contributed by atoms with Gasteiger partial charge in [0.25, 0.3) is 5.91 Å². The van der Waals surface area contributed by atoms with Crippen molar-refractivity contribution in [2.24, 2.45) is 9.98 Å². The van der Waals surface area contributed by atoms with Crippen molar-refractivity contribution in [1.82, 2.24) is 20.0 Å². The second-order valence-electron chi connectivity index (χ2n) is 9.32. The average Bonchev–Trinajstić information content (AvgIpc) is 3.39. The zero-order valence-corrected chi connectivity index (χ0v) is 20.0. The normalized spacial score (nSPS) is 28.7. The number of likely N-dealkylation sites (N-methyl/N-ethyl adjacent to an activating group) is 1. The summed E-state index contributed by atoms with van der Waals surface area (Å²) in [5, 5.41) is 3.68. The van der Waals surface area contributed by atoms with Crippen molar-refractivity contribution in [3.63, 3.8) is 0 Å². The Kier molecular flexibility index (Phi) is 5.68. The lowest BCUT2D eigenvalue weighted by atomic mass is 9.96. The van der Waals surface area contributed by atoms with Crippen LogP contribution in [0.3, 0.4) is 0 Å². The van der Waals surface area contributed by atoms with Crippen LogP contribution in [0.25, 0.3) is 0 Å². The molecule has 33 heavy (non-hydrogen) atoms. The van der Waals surface area contributed by atoms with Gasteiger partial charge in [-0.1, -0.05) is 12.1 Å². The average molecular weight is 455 g/mol. The van der Waals surface area contributed by atoms with Gasteiger partial charge in [-0.3, -0.25) is 14.7 Å². The van der Waals surface area contributed by atoms with Crippen molar-refractivity contribution in [3.05, 3.63) is 29.3 Å². The molecule has 0 aliphatic carbocycles. The Morgan fingerprint density at radius 3 is 2.82 bits per heavy atom. The monoisotopic (exact) mass is 454 g/mol. The first-order chi connectivity index (χ1) is 16.0. The van der Waals surface area contributed by atoms with Crippen LogP contribution < -0.4 is 10.1 Å². The van der Waals surface area contributed by atoms with E-state index in [2.05, 4.69) is 39.2 Å². The molecular weight excluding hydrogens is 420 g/mol. The first-order valence-electron chi connectivity index (χ1n) is 11.9. The van der Waals surface area contributed by atoms with Gasteiger partial charge in [-0.2, -0.15) is 0 Å². The van der Waals surface area contributed by atoms with Gasteiger partial charge in [0.05, 0.1) is 19.7 Å². The van der Waals surface area contributed by atoms with Gasteiger partial charge in [0.15, 0.2) is 12.0 Å². The molecule has 0 radical (unpaired) electrons. The van der Waals surface area contributed by atoms with Crippen LogP contribution in [-0.2, 0) is 16.1 Å². The number of carbonyl (C=O) groups is 1. The van der Waals surface area contributed by atoms with Crippen LogP contribution >= 0.6 is 0 Å². The van der Waals surface area contributed by atoms with Gasteiger partial charge in [0, 0.05) is 32.8 Å². The van der Waals surface area contributed by atoms with E-state index in [0.29, 0.717) is 19.6 Å². The summed E-state index contributed by atoms with van der Waals surface area (Å²) in [7, 11) is 1.69. The summed E-state index contributed by atoms with van der Waals surface area (Å²) in [6.45, 7) is 10.3. The first kappa shape index (κ1) is 22.0. The van der Waals surface area contributed by atoms with Crippen molar-refractivity contribution < 1.29 is 14.3 Å². The predicted molar refractivity (Wildman–Crippen MR) is 126 cm³/mol. The molecule has 2 atom stereocenters. The fraction of sp³-hybridized carbons (Fsp3) is 0.625. The summed E-state index contributed by atoms with van der Waals surface area (Å²) >= 11 is 0. The molecule has 4 heterocycles. The lowest BCUT2D eigenvalue weighted by molar-refractivity contribution is -0.139. The topological polar surface area (TPSA) is 82.0 Å². The molecule has 0 aromatic heterocycles. The third-order valence-electron chi connectivity index (χ3n) is 7.23. The number of nitrogens with one attached hydrogen (secondary N) is 1. The number of amides is 1. The number of hydrogen-bond acceptors (Lipinski definition) is 6. The highest BCUT2D eigenvalue weighted by Gasteiger charge is 2.61. The molecule has 1 aromatic carbocycles. The van der Waals surface area contributed by atoms with Crippen LogP contribution in [-0.4, -0.2) is 90.2 Å². The van der Waals surface area contributed by atoms with E-state index in [4.69, 9.17) is 14.5 Å². The van der Waals surface area contributed by atoms with Crippen molar-refractivity contribution in [3.8, 4) is 5.75 Å². The van der Waals surface area contributed by atoms with Crippen LogP contribution in [0.4, 0.5) is 0 Å². The molecule has 3 fully saturated rings. The molecule has 3 saturated heterocycles. The lowest BCUT2D eigenvalue weighted by Crippen LogP contribution is -2.73. The van der Waals surface area contributed by atoms with Gasteiger partial charge >= 0.3 is 0 Å². The minimum Gasteiger partial charge on any atom is -0.496 e. The summed E-state index contributed by atoms with van der Waals surface area (Å²) in [5.74, 6) is 2.51. The molecule has 4 aliphatic heterocycles. The molecule has 1 N–H and O–H groups in total. The van der Waals surface area contributed by atoms with E-state index in [1.807, 2.05) is 24.8 Å². The van der Waals surface area contributed by atoms with Crippen LogP contribution in [0.5, 0.6) is 5.75 Å². The molecule has 1 aromatic rings. The highest BCUT2D eigenvalue weighted by Crippen LogP contribution is 2.37. The number of fused-ring (bicyclic) bond motifs is 3. The Morgan fingerprint density at radius 1 is 1.33 bits per heavy atom. The molecule has 0 spiro atoms. The number of rotatable bonds is 5. The van der Waals surface area contributed by atoms with Gasteiger partial charge in [0.2, 0.25) is 5.96 Å². The molecule has 4 aliphatic rings. The van der Waals surface area contributed by atoms with Crippen LogP contribution in [0.1, 0.15) is 37.8 Å². The number of aryl methyl sites for hydroxylation is 1. The summed E-state index contributed by atoms with van der Waals surface area (Å²) in [4.78, 5) is 29.9. The van der Waals surface area contributed by atoms with Gasteiger partial charge in [-0.25, -0.2) is 4.99 Å². The van der Waals surface area contributed by atoms with Gasteiger partial charge < -0.3 is 24.6 Å². The zero-order chi connectivity index (χ0) is 23.2. The molecule has 0 saturated carbocycles. The standard InChI is InChI=1S/C24H34N6O3/c1-5-28-21(31)20-24(3,30-11-10-25-23(28)30)27-22(26-18-8-12-33-13-9-18)29(20)15-17-6-7-19(32-4)16(2)14-17/h6-7,14,18,20H,5,8-13,15H2,1-4H3,(H,26,27). The summed E-state index contributed by atoms with van der Waals surface area (Å²) in [5.41, 5.74) is 1.60. The molecule has 9 heteroatoms. The van der Waals surface area contributed by atoms with Crippen LogP contribution in [0, 0.1) is 6.92 Å². The maximum Gasteiger partial charge on any atom is 0.256 e. The molecular formula is C24H34N6O3. The smallest absolute Gasteiger partial charge is 0.256 e. The second kappa shape index (κ2) is 8.52. The van der Waals surface area contributed by atoms with E-state index in [9.17, 15) is 4.79 Å². The maximum absolute atomic E-state index is 13.8.